The molecule has 0 unspecified atom stereocenters. The van der Waals surface area contributed by atoms with E-state index in [0.29, 0.717) is 28.6 Å². The molecule has 3 aromatic rings. The molecule has 3 aromatic carbocycles. The van der Waals surface area contributed by atoms with Crippen LogP contribution in [0, 0.1) is 0 Å². The third kappa shape index (κ3) is 4.13. The van der Waals surface area contributed by atoms with E-state index < -0.39 is 0 Å². The smallest absolute Gasteiger partial charge is 0.254 e. The van der Waals surface area contributed by atoms with Crippen LogP contribution >= 0.6 is 11.6 Å². The highest BCUT2D eigenvalue weighted by atomic mass is 35.5. The van der Waals surface area contributed by atoms with E-state index in [0.717, 1.165) is 29.5 Å². The van der Waals surface area contributed by atoms with Crippen molar-refractivity contribution in [3.05, 3.63) is 93.5 Å². The average molecular weight is 436 g/mol. The minimum Gasteiger partial charge on any atom is -0.493 e. The fraction of sp³-hybridized carbons (Fsp3) is 0.269. The van der Waals surface area contributed by atoms with E-state index in [1.54, 1.807) is 14.2 Å². The normalized spacial score (nSPS) is 15.4. The zero-order valence-electron chi connectivity index (χ0n) is 18.0. The first kappa shape index (κ1) is 21.3. The van der Waals surface area contributed by atoms with E-state index in [4.69, 9.17) is 21.1 Å². The first-order valence-electron chi connectivity index (χ1n) is 10.5. The molecule has 1 aliphatic heterocycles. The van der Waals surface area contributed by atoms with Gasteiger partial charge in [0.2, 0.25) is 0 Å². The van der Waals surface area contributed by atoms with Crippen molar-refractivity contribution in [2.45, 2.75) is 25.8 Å². The molecule has 4 rings (SSSR count). The second-order valence-electron chi connectivity index (χ2n) is 7.66. The Balaban J connectivity index is 1.82. The lowest BCUT2D eigenvalue weighted by molar-refractivity contribution is 0.0694. The number of aryl methyl sites for hydroxylation is 1. The van der Waals surface area contributed by atoms with Crippen molar-refractivity contribution in [1.29, 1.82) is 0 Å². The third-order valence-electron chi connectivity index (χ3n) is 5.91. The fourth-order valence-corrected chi connectivity index (χ4v) is 4.45. The molecule has 0 bridgehead atoms. The standard InChI is InChI=1S/C26H26ClNO3/c1-4-17-8-10-18(11-9-17)26(29)28-13-12-19-15-23(30-2)24(31-3)16-22(19)25(28)20-6-5-7-21(27)14-20/h5-11,14-16,25H,4,12-13H2,1-3H3/t25-/m0/s1. The Kier molecular flexibility index (Phi) is 6.19. The molecule has 0 radical (unpaired) electrons. The summed E-state index contributed by atoms with van der Waals surface area (Å²) in [6.45, 7) is 2.71. The summed E-state index contributed by atoms with van der Waals surface area (Å²) in [5.41, 5.74) is 5.05. The molecule has 5 heteroatoms. The van der Waals surface area contributed by atoms with Crippen molar-refractivity contribution in [3.63, 3.8) is 0 Å². The van der Waals surface area contributed by atoms with Crippen molar-refractivity contribution in [2.75, 3.05) is 20.8 Å². The second-order valence-corrected chi connectivity index (χ2v) is 8.10. The number of benzene rings is 3. The number of hydrogen-bond donors (Lipinski definition) is 0. The molecule has 1 aliphatic rings. The van der Waals surface area contributed by atoms with Gasteiger partial charge in [-0.25, -0.2) is 0 Å². The summed E-state index contributed by atoms with van der Waals surface area (Å²) >= 11 is 6.33. The quantitative estimate of drug-likeness (QED) is 0.515. The molecule has 160 valence electrons. The van der Waals surface area contributed by atoms with Crippen LogP contribution in [0.15, 0.2) is 60.7 Å². The fourth-order valence-electron chi connectivity index (χ4n) is 4.25. The molecule has 0 aliphatic carbocycles. The number of carbonyl (C=O) groups excluding carboxylic acids is 1. The van der Waals surface area contributed by atoms with Crippen molar-refractivity contribution < 1.29 is 14.3 Å². The number of amides is 1. The van der Waals surface area contributed by atoms with Crippen LogP contribution in [0.2, 0.25) is 5.02 Å². The molecule has 0 aromatic heterocycles. The summed E-state index contributed by atoms with van der Waals surface area (Å²) in [5, 5.41) is 0.643. The van der Waals surface area contributed by atoms with Gasteiger partial charge in [-0.1, -0.05) is 42.8 Å². The molecular weight excluding hydrogens is 410 g/mol. The van der Waals surface area contributed by atoms with Crippen LogP contribution in [-0.4, -0.2) is 31.6 Å². The van der Waals surface area contributed by atoms with Crippen LogP contribution in [0.5, 0.6) is 11.5 Å². The highest BCUT2D eigenvalue weighted by molar-refractivity contribution is 6.30. The topological polar surface area (TPSA) is 38.8 Å². The molecule has 1 atom stereocenters. The summed E-state index contributed by atoms with van der Waals surface area (Å²) in [5.74, 6) is 1.35. The van der Waals surface area contributed by atoms with Crippen LogP contribution in [0.4, 0.5) is 0 Å². The lowest BCUT2D eigenvalue weighted by Crippen LogP contribution is -2.40. The summed E-state index contributed by atoms with van der Waals surface area (Å²) in [6.07, 6.45) is 1.68. The lowest BCUT2D eigenvalue weighted by atomic mass is 9.87. The molecule has 0 saturated heterocycles. The molecule has 4 nitrogen and oxygen atoms in total. The zero-order chi connectivity index (χ0) is 22.0. The summed E-state index contributed by atoms with van der Waals surface area (Å²) in [4.78, 5) is 15.5. The van der Waals surface area contributed by atoms with Gasteiger partial charge in [-0.2, -0.15) is 0 Å². The molecule has 0 N–H and O–H groups in total. The number of rotatable bonds is 5. The minimum atomic E-state index is -0.263. The maximum absolute atomic E-state index is 13.6. The lowest BCUT2D eigenvalue weighted by Gasteiger charge is -2.38. The number of methoxy groups -OCH3 is 2. The summed E-state index contributed by atoms with van der Waals surface area (Å²) < 4.78 is 11.1. The SMILES string of the molecule is CCc1ccc(C(=O)N2CCc3cc(OC)c(OC)cc3[C@@H]2c2cccc(Cl)c2)cc1. The molecule has 0 spiro atoms. The number of ether oxygens (including phenoxy) is 2. The molecule has 1 amide bonds. The van der Waals surface area contributed by atoms with Gasteiger partial charge in [0.05, 0.1) is 20.3 Å². The molecule has 1 heterocycles. The minimum absolute atomic E-state index is 0.00747. The Morgan fingerprint density at radius 3 is 2.39 bits per heavy atom. The van der Waals surface area contributed by atoms with Gasteiger partial charge in [-0.05, 0) is 71.5 Å². The van der Waals surface area contributed by atoms with E-state index in [2.05, 4.69) is 6.92 Å². The predicted octanol–water partition coefficient (Wildman–Crippen LogP) is 5.71. The Labute approximate surface area is 188 Å². The molecular formula is C26H26ClNO3. The van der Waals surface area contributed by atoms with Crippen molar-refractivity contribution in [3.8, 4) is 11.5 Å². The van der Waals surface area contributed by atoms with E-state index in [1.807, 2.05) is 65.6 Å². The van der Waals surface area contributed by atoms with Gasteiger partial charge in [0.1, 0.15) is 0 Å². The third-order valence-corrected chi connectivity index (χ3v) is 6.14. The van der Waals surface area contributed by atoms with E-state index in [9.17, 15) is 4.79 Å². The van der Waals surface area contributed by atoms with E-state index >= 15 is 0 Å². The maximum Gasteiger partial charge on any atom is 0.254 e. The van der Waals surface area contributed by atoms with Crippen LogP contribution in [0.25, 0.3) is 0 Å². The zero-order valence-corrected chi connectivity index (χ0v) is 18.8. The van der Waals surface area contributed by atoms with Crippen LogP contribution in [0.1, 0.15) is 45.6 Å². The highest BCUT2D eigenvalue weighted by Crippen LogP contribution is 2.42. The van der Waals surface area contributed by atoms with Gasteiger partial charge in [0.25, 0.3) is 5.91 Å². The van der Waals surface area contributed by atoms with Crippen molar-refractivity contribution in [2.24, 2.45) is 0 Å². The Hall–Kier alpha value is -2.98. The monoisotopic (exact) mass is 435 g/mol. The second kappa shape index (κ2) is 9.03. The Morgan fingerprint density at radius 2 is 1.74 bits per heavy atom. The van der Waals surface area contributed by atoms with Crippen LogP contribution < -0.4 is 9.47 Å². The van der Waals surface area contributed by atoms with Gasteiger partial charge >= 0.3 is 0 Å². The molecule has 0 saturated carbocycles. The maximum atomic E-state index is 13.6. The summed E-state index contributed by atoms with van der Waals surface area (Å²) in [7, 11) is 3.26. The number of hydrogen-bond acceptors (Lipinski definition) is 3. The van der Waals surface area contributed by atoms with Gasteiger partial charge in [0, 0.05) is 17.1 Å². The number of carbonyl (C=O) groups is 1. The predicted molar refractivity (Wildman–Crippen MR) is 123 cm³/mol. The first-order chi connectivity index (χ1) is 15.0. The van der Waals surface area contributed by atoms with Crippen LogP contribution in [0.3, 0.4) is 0 Å². The largest absolute Gasteiger partial charge is 0.493 e. The van der Waals surface area contributed by atoms with Crippen molar-refractivity contribution in [1.82, 2.24) is 4.90 Å². The van der Waals surface area contributed by atoms with Crippen molar-refractivity contribution >= 4 is 17.5 Å². The highest BCUT2D eigenvalue weighted by Gasteiger charge is 2.34. The van der Waals surface area contributed by atoms with Crippen LogP contribution in [-0.2, 0) is 12.8 Å². The van der Waals surface area contributed by atoms with Gasteiger partial charge in [-0.15, -0.1) is 0 Å². The molecule has 0 fully saturated rings. The summed E-state index contributed by atoms with van der Waals surface area (Å²) in [6, 6.07) is 19.3. The first-order valence-corrected chi connectivity index (χ1v) is 10.8. The Morgan fingerprint density at radius 1 is 1.03 bits per heavy atom. The van der Waals surface area contributed by atoms with Gasteiger partial charge in [0.15, 0.2) is 11.5 Å². The number of nitrogens with zero attached hydrogens (tertiary/aromatic N) is 1. The van der Waals surface area contributed by atoms with E-state index in [-0.39, 0.29) is 11.9 Å². The average Bonchev–Trinajstić information content (AvgIpc) is 2.81. The molecule has 31 heavy (non-hydrogen) atoms. The van der Waals surface area contributed by atoms with Gasteiger partial charge < -0.3 is 14.4 Å². The Bertz CT molecular complexity index is 1090. The number of fused-ring (bicyclic) bond motifs is 1. The van der Waals surface area contributed by atoms with Gasteiger partial charge in [-0.3, -0.25) is 4.79 Å². The number of halogens is 1. The van der Waals surface area contributed by atoms with E-state index in [1.165, 1.54) is 5.56 Å².